The van der Waals surface area contributed by atoms with Crippen LogP contribution < -0.4 is 10.6 Å². The topological polar surface area (TPSA) is 204 Å². The first-order valence-corrected chi connectivity index (χ1v) is 11.6. The molecule has 0 saturated carbocycles. The van der Waals surface area contributed by atoms with E-state index >= 15 is 0 Å². The molecule has 2 aromatic rings. The molecule has 0 bridgehead atoms. The van der Waals surface area contributed by atoms with E-state index in [1.165, 1.54) is 0 Å². The number of benzene rings is 2. The summed E-state index contributed by atoms with van der Waals surface area (Å²) in [5.41, 5.74) is 2.91. The van der Waals surface area contributed by atoms with Gasteiger partial charge in [0.05, 0.1) is 13.2 Å². The average Bonchev–Trinajstić information content (AvgIpc) is 2.90. The fraction of sp³-hybridized carbons (Fsp3) is 0.500. The van der Waals surface area contributed by atoms with Crippen LogP contribution in [-0.4, -0.2) is 115 Å². The lowest BCUT2D eigenvalue weighted by molar-refractivity contribution is -0.221. The van der Waals surface area contributed by atoms with Crippen molar-refractivity contribution in [2.45, 2.75) is 61.3 Å². The number of aliphatic hydroxyl groups is 8. The lowest BCUT2D eigenvalue weighted by atomic mass is 9.98. The number of ether oxygens (including phenoxy) is 2. The van der Waals surface area contributed by atoms with E-state index in [0.717, 1.165) is 11.1 Å². The van der Waals surface area contributed by atoms with Crippen molar-refractivity contribution in [3.63, 3.8) is 0 Å². The molecule has 12 nitrogen and oxygen atoms in total. The Hall–Kier alpha value is -2.36. The van der Waals surface area contributed by atoms with Crippen LogP contribution in [-0.2, 0) is 9.47 Å². The maximum absolute atomic E-state index is 10.2. The number of hydrogen-bond acceptors (Lipinski definition) is 12. The summed E-state index contributed by atoms with van der Waals surface area (Å²) in [5, 5.41) is 84.6. The molecule has 36 heavy (non-hydrogen) atoms. The van der Waals surface area contributed by atoms with Gasteiger partial charge in [-0.1, -0.05) is 24.3 Å². The van der Waals surface area contributed by atoms with E-state index in [4.69, 9.17) is 9.47 Å². The molecule has 2 aliphatic rings. The number of hydrogen-bond donors (Lipinski definition) is 10. The maximum atomic E-state index is 10.2. The van der Waals surface area contributed by atoms with Gasteiger partial charge in [-0.05, 0) is 35.4 Å². The standard InChI is InChI=1S/C24H32N2O10/c27-9-15-17(29)19(31)21(33)23(35-15)25-13-5-1-11(2-6-13)12-3-7-14(8-4-12)26-24-22(34)20(32)18(30)16(10-28)36-24/h1-8,15-34H,9-10H2/t15-,16-,17+,18+,19+,20+,21-,22+,23+,24-/m0/s1. The summed E-state index contributed by atoms with van der Waals surface area (Å²) in [7, 11) is 0. The zero-order valence-electron chi connectivity index (χ0n) is 19.2. The van der Waals surface area contributed by atoms with Crippen molar-refractivity contribution in [1.29, 1.82) is 0 Å². The van der Waals surface area contributed by atoms with Crippen molar-refractivity contribution in [2.24, 2.45) is 0 Å². The van der Waals surface area contributed by atoms with Crippen LogP contribution in [0.1, 0.15) is 0 Å². The molecule has 4 rings (SSSR count). The molecule has 2 fully saturated rings. The maximum Gasteiger partial charge on any atom is 0.157 e. The second-order valence-corrected chi connectivity index (χ2v) is 8.94. The number of anilines is 2. The number of aliphatic hydroxyl groups excluding tert-OH is 8. The third kappa shape index (κ3) is 5.48. The molecule has 198 valence electrons. The molecule has 10 N–H and O–H groups in total. The molecular weight excluding hydrogens is 476 g/mol. The first-order chi connectivity index (χ1) is 17.2. The zero-order valence-corrected chi connectivity index (χ0v) is 19.2. The highest BCUT2D eigenvalue weighted by atomic mass is 16.6. The highest BCUT2D eigenvalue weighted by molar-refractivity contribution is 5.68. The van der Waals surface area contributed by atoms with Crippen molar-refractivity contribution >= 4 is 11.4 Å². The Morgan fingerprint density at radius 2 is 0.833 bits per heavy atom. The van der Waals surface area contributed by atoms with E-state index in [2.05, 4.69) is 10.6 Å². The molecule has 2 aliphatic heterocycles. The molecule has 0 aromatic heterocycles. The van der Waals surface area contributed by atoms with Gasteiger partial charge in [0.1, 0.15) is 48.8 Å². The summed E-state index contributed by atoms with van der Waals surface area (Å²) in [4.78, 5) is 0. The normalized spacial score (nSPS) is 36.9. The number of rotatable bonds is 7. The average molecular weight is 509 g/mol. The van der Waals surface area contributed by atoms with E-state index in [1.54, 1.807) is 24.3 Å². The molecule has 0 aliphatic carbocycles. The molecule has 2 aromatic carbocycles. The van der Waals surface area contributed by atoms with Crippen molar-refractivity contribution in [3.8, 4) is 11.1 Å². The van der Waals surface area contributed by atoms with Gasteiger partial charge in [0.25, 0.3) is 0 Å². The van der Waals surface area contributed by atoms with Gasteiger partial charge in [0, 0.05) is 11.4 Å². The Morgan fingerprint density at radius 1 is 0.500 bits per heavy atom. The summed E-state index contributed by atoms with van der Waals surface area (Å²) in [5.74, 6) is 0. The fourth-order valence-corrected chi connectivity index (χ4v) is 4.29. The van der Waals surface area contributed by atoms with E-state index in [-0.39, 0.29) is 0 Å². The lowest BCUT2D eigenvalue weighted by Crippen LogP contribution is -2.60. The minimum atomic E-state index is -1.47. The highest BCUT2D eigenvalue weighted by Crippen LogP contribution is 2.28. The van der Waals surface area contributed by atoms with E-state index in [9.17, 15) is 40.9 Å². The molecule has 0 unspecified atom stereocenters. The molecule has 0 radical (unpaired) electrons. The first-order valence-electron chi connectivity index (χ1n) is 11.6. The summed E-state index contributed by atoms with van der Waals surface area (Å²) >= 11 is 0. The third-order valence-corrected chi connectivity index (χ3v) is 6.51. The Bertz CT molecular complexity index is 894. The third-order valence-electron chi connectivity index (χ3n) is 6.51. The summed E-state index contributed by atoms with van der Waals surface area (Å²) in [6.45, 7) is -1.02. The lowest BCUT2D eigenvalue weighted by Gasteiger charge is -2.40. The quantitative estimate of drug-likeness (QED) is 0.193. The second-order valence-electron chi connectivity index (χ2n) is 8.94. The monoisotopic (exact) mass is 508 g/mol. The van der Waals surface area contributed by atoms with E-state index in [0.29, 0.717) is 11.4 Å². The Kier molecular flexibility index (Phi) is 8.42. The van der Waals surface area contributed by atoms with Gasteiger partial charge < -0.3 is 61.0 Å². The van der Waals surface area contributed by atoms with Gasteiger partial charge in [-0.25, -0.2) is 0 Å². The van der Waals surface area contributed by atoms with Gasteiger partial charge in [0.15, 0.2) is 12.5 Å². The van der Waals surface area contributed by atoms with Crippen LogP contribution >= 0.6 is 0 Å². The van der Waals surface area contributed by atoms with Crippen LogP contribution in [0, 0.1) is 0 Å². The summed E-state index contributed by atoms with van der Waals surface area (Å²) < 4.78 is 10.9. The molecule has 0 amide bonds. The fourth-order valence-electron chi connectivity index (χ4n) is 4.29. The molecule has 0 spiro atoms. The SMILES string of the molecule is OC[C@@H]1O[C@@H](Nc2ccc(-c3ccc(N[C@H]4O[C@@H](CO)[C@@H](O)[C@@H](O)[C@H]4O)cc3)cc2)[C@@H](O)[C@H](O)[C@@H]1O. The highest BCUT2D eigenvalue weighted by Gasteiger charge is 2.44. The summed E-state index contributed by atoms with van der Waals surface area (Å²) in [6.07, 6.45) is -12.7. The van der Waals surface area contributed by atoms with Gasteiger partial charge >= 0.3 is 0 Å². The van der Waals surface area contributed by atoms with Gasteiger partial charge in [-0.3, -0.25) is 0 Å². The molecule has 10 atom stereocenters. The van der Waals surface area contributed by atoms with E-state index in [1.807, 2.05) is 24.3 Å². The number of nitrogens with one attached hydrogen (secondary N) is 2. The van der Waals surface area contributed by atoms with Crippen LogP contribution in [0.3, 0.4) is 0 Å². The molecule has 2 saturated heterocycles. The second kappa shape index (κ2) is 11.4. The largest absolute Gasteiger partial charge is 0.394 e. The van der Waals surface area contributed by atoms with Crippen molar-refractivity contribution < 1.29 is 50.3 Å². The first kappa shape index (κ1) is 26.7. The van der Waals surface area contributed by atoms with Crippen LogP contribution in [0.5, 0.6) is 0 Å². The van der Waals surface area contributed by atoms with Crippen molar-refractivity contribution in [2.75, 3.05) is 23.8 Å². The molecular formula is C24H32N2O10. The summed E-state index contributed by atoms with van der Waals surface area (Å²) in [6, 6.07) is 14.3. The molecule has 2 heterocycles. The molecule has 12 heteroatoms. The van der Waals surface area contributed by atoms with Gasteiger partial charge in [-0.2, -0.15) is 0 Å². The van der Waals surface area contributed by atoms with Crippen LogP contribution in [0.4, 0.5) is 11.4 Å². The smallest absolute Gasteiger partial charge is 0.157 e. The predicted molar refractivity (Wildman–Crippen MR) is 127 cm³/mol. The predicted octanol–water partition coefficient (Wildman–Crippen LogP) is -2.22. The van der Waals surface area contributed by atoms with Crippen molar-refractivity contribution in [3.05, 3.63) is 48.5 Å². The Labute approximate surface area is 207 Å². The van der Waals surface area contributed by atoms with Crippen LogP contribution in [0.2, 0.25) is 0 Å². The minimum Gasteiger partial charge on any atom is -0.394 e. The van der Waals surface area contributed by atoms with Crippen molar-refractivity contribution in [1.82, 2.24) is 0 Å². The van der Waals surface area contributed by atoms with Gasteiger partial charge in [-0.15, -0.1) is 0 Å². The Balaban J connectivity index is 1.38. The zero-order chi connectivity index (χ0) is 26.0. The van der Waals surface area contributed by atoms with Crippen LogP contribution in [0.15, 0.2) is 48.5 Å². The Morgan fingerprint density at radius 3 is 1.14 bits per heavy atom. The van der Waals surface area contributed by atoms with E-state index < -0.39 is 74.5 Å². The van der Waals surface area contributed by atoms with Crippen LogP contribution in [0.25, 0.3) is 11.1 Å². The minimum absolute atomic E-state index is 0.511. The van der Waals surface area contributed by atoms with Gasteiger partial charge in [0.2, 0.25) is 0 Å².